The van der Waals surface area contributed by atoms with Crippen LogP contribution in [0.2, 0.25) is 0 Å². The van der Waals surface area contributed by atoms with Crippen LogP contribution >= 0.6 is 0 Å². The van der Waals surface area contributed by atoms with Gasteiger partial charge in [0.25, 0.3) is 5.56 Å². The van der Waals surface area contributed by atoms with Crippen LogP contribution in [0.1, 0.15) is 0 Å². The van der Waals surface area contributed by atoms with E-state index >= 15 is 0 Å². The summed E-state index contributed by atoms with van der Waals surface area (Å²) >= 11 is 0. The molecule has 0 atom stereocenters. The van der Waals surface area contributed by atoms with E-state index in [4.69, 9.17) is 4.74 Å². The van der Waals surface area contributed by atoms with Crippen LogP contribution in [0.4, 0.5) is 8.78 Å². The number of halogens is 2. The van der Waals surface area contributed by atoms with Gasteiger partial charge in [-0.2, -0.15) is 0 Å². The van der Waals surface area contributed by atoms with Crippen LogP contribution in [0.5, 0.6) is 5.75 Å². The number of H-pyrrole nitrogens is 1. The molecule has 17 heavy (non-hydrogen) atoms. The summed E-state index contributed by atoms with van der Waals surface area (Å²) in [6.45, 7) is 0. The zero-order chi connectivity index (χ0) is 12.4. The largest absolute Gasteiger partial charge is 0.497 e. The smallest absolute Gasteiger partial charge is 0.258 e. The average molecular weight is 238 g/mol. The van der Waals surface area contributed by atoms with Crippen LogP contribution < -0.4 is 10.3 Å². The molecule has 0 saturated carbocycles. The molecule has 0 aliphatic heterocycles. The molecule has 1 aromatic carbocycles. The number of rotatable bonds is 2. The van der Waals surface area contributed by atoms with E-state index in [-0.39, 0.29) is 11.3 Å². The van der Waals surface area contributed by atoms with Gasteiger partial charge < -0.3 is 9.72 Å². The van der Waals surface area contributed by atoms with Crippen molar-refractivity contribution in [3.63, 3.8) is 0 Å². The van der Waals surface area contributed by atoms with Crippen LogP contribution in [-0.4, -0.2) is 17.1 Å². The van der Waals surface area contributed by atoms with Crippen molar-refractivity contribution in [2.45, 2.75) is 0 Å². The van der Waals surface area contributed by atoms with Crippen LogP contribution in [0.3, 0.4) is 0 Å². The van der Waals surface area contributed by atoms with Crippen molar-refractivity contribution in [2.75, 3.05) is 7.11 Å². The van der Waals surface area contributed by atoms with Gasteiger partial charge in [0, 0.05) is 18.3 Å². The van der Waals surface area contributed by atoms with Crippen LogP contribution in [-0.2, 0) is 0 Å². The Morgan fingerprint density at radius 1 is 1.29 bits per heavy atom. The van der Waals surface area contributed by atoms with Crippen molar-refractivity contribution in [1.82, 2.24) is 9.97 Å². The summed E-state index contributed by atoms with van der Waals surface area (Å²) in [6, 6.07) is 2.01. The van der Waals surface area contributed by atoms with Crippen molar-refractivity contribution in [3.05, 3.63) is 46.6 Å². The van der Waals surface area contributed by atoms with E-state index in [0.29, 0.717) is 0 Å². The van der Waals surface area contributed by atoms with Gasteiger partial charge in [-0.25, -0.2) is 13.8 Å². The second kappa shape index (κ2) is 4.32. The Morgan fingerprint density at radius 3 is 2.47 bits per heavy atom. The second-order valence-electron chi connectivity index (χ2n) is 3.26. The third kappa shape index (κ3) is 2.01. The molecule has 0 fully saturated rings. The molecule has 0 aliphatic carbocycles. The van der Waals surface area contributed by atoms with E-state index in [9.17, 15) is 13.6 Å². The number of benzene rings is 1. The van der Waals surface area contributed by atoms with E-state index in [1.165, 1.54) is 7.11 Å². The molecule has 0 radical (unpaired) electrons. The number of aromatic amines is 1. The van der Waals surface area contributed by atoms with Gasteiger partial charge in [-0.1, -0.05) is 0 Å². The predicted octanol–water partition coefficient (Wildman–Crippen LogP) is 1.72. The maximum absolute atomic E-state index is 13.7. The summed E-state index contributed by atoms with van der Waals surface area (Å²) in [5.74, 6) is -1.70. The highest BCUT2D eigenvalue weighted by molar-refractivity contribution is 5.64. The third-order valence-electron chi connectivity index (χ3n) is 2.24. The first kappa shape index (κ1) is 11.3. The van der Waals surface area contributed by atoms with Gasteiger partial charge in [-0.15, -0.1) is 0 Å². The number of nitrogens with zero attached hydrogens (tertiary/aromatic N) is 1. The van der Waals surface area contributed by atoms with E-state index in [1.54, 1.807) is 0 Å². The summed E-state index contributed by atoms with van der Waals surface area (Å²) < 4.78 is 32.0. The Labute approximate surface area is 94.9 Å². The van der Waals surface area contributed by atoms with Gasteiger partial charge in [0.05, 0.1) is 24.6 Å². The number of nitrogens with one attached hydrogen (secondary N) is 1. The first-order chi connectivity index (χ1) is 8.13. The molecule has 88 valence electrons. The van der Waals surface area contributed by atoms with E-state index in [2.05, 4.69) is 9.97 Å². The molecule has 6 heteroatoms. The lowest BCUT2D eigenvalue weighted by Gasteiger charge is -2.06. The average Bonchev–Trinajstić information content (AvgIpc) is 2.30. The number of aromatic nitrogens is 2. The summed E-state index contributed by atoms with van der Waals surface area (Å²) in [7, 11) is 1.30. The molecule has 0 unspecified atom stereocenters. The van der Waals surface area contributed by atoms with Gasteiger partial charge in [0.15, 0.2) is 0 Å². The number of hydrogen-bond acceptors (Lipinski definition) is 3. The summed E-state index contributed by atoms with van der Waals surface area (Å²) in [6.07, 6.45) is 2.25. The van der Waals surface area contributed by atoms with E-state index < -0.39 is 22.8 Å². The zero-order valence-corrected chi connectivity index (χ0v) is 8.83. The van der Waals surface area contributed by atoms with Crippen molar-refractivity contribution < 1.29 is 13.5 Å². The molecule has 1 aromatic heterocycles. The lowest BCUT2D eigenvalue weighted by atomic mass is 10.1. The lowest BCUT2D eigenvalue weighted by molar-refractivity contribution is 0.407. The number of hydrogen-bond donors (Lipinski definition) is 1. The Morgan fingerprint density at radius 2 is 1.94 bits per heavy atom. The van der Waals surface area contributed by atoms with E-state index in [1.807, 2.05) is 0 Å². The molecule has 0 aliphatic rings. The summed E-state index contributed by atoms with van der Waals surface area (Å²) in [4.78, 5) is 17.3. The minimum Gasteiger partial charge on any atom is -0.497 e. The quantitative estimate of drug-likeness (QED) is 0.866. The minimum atomic E-state index is -0.875. The molecular formula is C11H8F2N2O2. The molecule has 4 nitrogen and oxygen atoms in total. The second-order valence-corrected chi connectivity index (χ2v) is 3.26. The molecule has 0 bridgehead atoms. The fourth-order valence-electron chi connectivity index (χ4n) is 1.45. The molecule has 1 N–H and O–H groups in total. The monoisotopic (exact) mass is 238 g/mol. The normalized spacial score (nSPS) is 10.3. The molecule has 1 heterocycles. The first-order valence-electron chi connectivity index (χ1n) is 4.69. The molecule has 0 amide bonds. The minimum absolute atomic E-state index is 0.0454. The van der Waals surface area contributed by atoms with Crippen LogP contribution in [0.25, 0.3) is 11.1 Å². The standard InChI is InChI=1S/C11H8F2N2O2/c1-17-6-2-8(12)10(9(13)3-6)7-4-14-5-15-11(7)16/h2-5H,1H3,(H,14,15,16). The van der Waals surface area contributed by atoms with E-state index in [0.717, 1.165) is 24.7 Å². The van der Waals surface area contributed by atoms with Crippen molar-refractivity contribution >= 4 is 0 Å². The topological polar surface area (TPSA) is 55.0 Å². The Hall–Kier alpha value is -2.24. The van der Waals surface area contributed by atoms with Crippen LogP contribution in [0.15, 0.2) is 29.5 Å². The van der Waals surface area contributed by atoms with Gasteiger partial charge in [0.2, 0.25) is 0 Å². The summed E-state index contributed by atoms with van der Waals surface area (Å²) in [5.41, 5.74) is -1.19. The maximum Gasteiger partial charge on any atom is 0.258 e. The van der Waals surface area contributed by atoms with Gasteiger partial charge in [-0.05, 0) is 0 Å². The Bertz CT molecular complexity index is 587. The fourth-order valence-corrected chi connectivity index (χ4v) is 1.45. The summed E-state index contributed by atoms with van der Waals surface area (Å²) in [5, 5.41) is 0. The molecular weight excluding hydrogens is 230 g/mol. The van der Waals surface area contributed by atoms with Crippen molar-refractivity contribution in [1.29, 1.82) is 0 Å². The number of methoxy groups -OCH3 is 1. The maximum atomic E-state index is 13.7. The lowest BCUT2D eigenvalue weighted by Crippen LogP contribution is -2.10. The van der Waals surface area contributed by atoms with Crippen LogP contribution in [0, 0.1) is 11.6 Å². The Balaban J connectivity index is 2.69. The van der Waals surface area contributed by atoms with Gasteiger partial charge in [-0.3, -0.25) is 4.79 Å². The zero-order valence-electron chi connectivity index (χ0n) is 8.83. The van der Waals surface area contributed by atoms with Crippen molar-refractivity contribution in [2.24, 2.45) is 0 Å². The highest BCUT2D eigenvalue weighted by Gasteiger charge is 2.16. The van der Waals surface area contributed by atoms with Gasteiger partial charge >= 0.3 is 0 Å². The predicted molar refractivity (Wildman–Crippen MR) is 56.8 cm³/mol. The molecule has 2 rings (SSSR count). The SMILES string of the molecule is COc1cc(F)c(-c2cnc[nH]c2=O)c(F)c1. The number of ether oxygens (including phenoxy) is 1. The Kier molecular flexibility index (Phi) is 2.86. The first-order valence-corrected chi connectivity index (χ1v) is 4.69. The molecule has 0 saturated heterocycles. The molecule has 2 aromatic rings. The highest BCUT2D eigenvalue weighted by atomic mass is 19.1. The van der Waals surface area contributed by atoms with Crippen molar-refractivity contribution in [3.8, 4) is 16.9 Å². The van der Waals surface area contributed by atoms with Gasteiger partial charge in [0.1, 0.15) is 17.4 Å². The fraction of sp³-hybridized carbons (Fsp3) is 0.0909. The third-order valence-corrected chi connectivity index (χ3v) is 2.24. The molecule has 0 spiro atoms. The highest BCUT2D eigenvalue weighted by Crippen LogP contribution is 2.27.